The lowest BCUT2D eigenvalue weighted by Crippen LogP contribution is -2.18. The zero-order chi connectivity index (χ0) is 17.4. The number of pyridine rings is 1. The highest BCUT2D eigenvalue weighted by molar-refractivity contribution is 6.04. The van der Waals surface area contributed by atoms with Crippen LogP contribution in [0.25, 0.3) is 22.4 Å². The van der Waals surface area contributed by atoms with Crippen LogP contribution in [0.15, 0.2) is 28.8 Å². The van der Waals surface area contributed by atoms with Crippen molar-refractivity contribution >= 4 is 22.5 Å². The average Bonchev–Trinajstić information content (AvgIpc) is 2.96. The summed E-state index contributed by atoms with van der Waals surface area (Å²) in [5.74, 6) is 0.564. The molecule has 0 fully saturated rings. The fraction of sp³-hybridized carbons (Fsp3) is 0.316. The highest BCUT2D eigenvalue weighted by atomic mass is 16.5. The second-order valence-corrected chi connectivity index (χ2v) is 6.45. The number of hydrogen-bond donors (Lipinski definition) is 1. The summed E-state index contributed by atoms with van der Waals surface area (Å²) in [6, 6.07) is 7.74. The van der Waals surface area contributed by atoms with Crippen LogP contribution >= 0.6 is 0 Å². The third kappa shape index (κ3) is 2.89. The molecule has 0 aliphatic heterocycles. The maximum atomic E-state index is 12.1. The molecule has 124 valence electrons. The Morgan fingerprint density at radius 2 is 1.88 bits per heavy atom. The number of anilines is 1. The van der Waals surface area contributed by atoms with E-state index in [2.05, 4.69) is 10.5 Å². The number of nitrogens with one attached hydrogen (secondary N) is 1. The van der Waals surface area contributed by atoms with Gasteiger partial charge in [-0.3, -0.25) is 4.79 Å². The molecule has 0 atom stereocenters. The summed E-state index contributed by atoms with van der Waals surface area (Å²) in [6.45, 7) is 9.66. The summed E-state index contributed by atoms with van der Waals surface area (Å²) in [6.07, 6.45) is 0. The van der Waals surface area contributed by atoms with Crippen molar-refractivity contribution in [2.75, 3.05) is 5.32 Å². The molecule has 0 unspecified atom stereocenters. The van der Waals surface area contributed by atoms with E-state index in [9.17, 15) is 4.79 Å². The van der Waals surface area contributed by atoms with Crippen LogP contribution in [-0.4, -0.2) is 16.0 Å². The molecule has 5 heteroatoms. The van der Waals surface area contributed by atoms with Crippen LogP contribution in [-0.2, 0) is 4.79 Å². The lowest BCUT2D eigenvalue weighted by Gasteiger charge is -2.14. The molecule has 3 rings (SSSR count). The molecule has 24 heavy (non-hydrogen) atoms. The van der Waals surface area contributed by atoms with Crippen LogP contribution in [0.3, 0.4) is 0 Å². The first-order chi connectivity index (χ1) is 11.4. The first-order valence-corrected chi connectivity index (χ1v) is 8.02. The fourth-order valence-corrected chi connectivity index (χ4v) is 2.66. The molecule has 0 saturated heterocycles. The largest absolute Gasteiger partial charge is 0.354 e. The van der Waals surface area contributed by atoms with E-state index < -0.39 is 0 Å². The molecule has 2 aromatic heterocycles. The summed E-state index contributed by atoms with van der Waals surface area (Å²) in [4.78, 5) is 16.8. The van der Waals surface area contributed by atoms with Gasteiger partial charge < -0.3 is 9.84 Å². The number of nitrogens with zero attached hydrogens (tertiary/aromatic N) is 2. The van der Waals surface area contributed by atoms with Crippen LogP contribution in [0.2, 0.25) is 0 Å². The number of aromatic nitrogens is 2. The maximum absolute atomic E-state index is 12.1. The van der Waals surface area contributed by atoms with E-state index in [0.29, 0.717) is 5.76 Å². The zero-order valence-corrected chi connectivity index (χ0v) is 14.6. The minimum atomic E-state index is -0.0777. The van der Waals surface area contributed by atoms with Gasteiger partial charge in [-0.15, -0.1) is 0 Å². The summed E-state index contributed by atoms with van der Waals surface area (Å²) < 4.78 is 5.34. The van der Waals surface area contributed by atoms with Crippen LogP contribution < -0.4 is 5.32 Å². The number of carbonyl (C=O) groups excluding carboxylic acids is 1. The maximum Gasteiger partial charge on any atom is 0.226 e. The standard InChI is InChI=1S/C19H21N3O2/c1-10(2)19(23)21-14-7-6-11(3)18-17(14)12(4)8-15(20-18)16-9-13(5)22-24-16/h6-10H,1-5H3,(H,21,23). The van der Waals surface area contributed by atoms with Gasteiger partial charge in [0.25, 0.3) is 0 Å². The monoisotopic (exact) mass is 323 g/mol. The lowest BCUT2D eigenvalue weighted by atomic mass is 10.0. The van der Waals surface area contributed by atoms with E-state index in [1.54, 1.807) is 0 Å². The molecule has 0 aliphatic carbocycles. The van der Waals surface area contributed by atoms with E-state index in [0.717, 1.165) is 39.1 Å². The van der Waals surface area contributed by atoms with E-state index >= 15 is 0 Å². The Morgan fingerprint density at radius 3 is 2.50 bits per heavy atom. The summed E-state index contributed by atoms with van der Waals surface area (Å²) in [7, 11) is 0. The van der Waals surface area contributed by atoms with Gasteiger partial charge in [0.05, 0.1) is 16.9 Å². The Kier molecular flexibility index (Phi) is 4.09. The van der Waals surface area contributed by atoms with Gasteiger partial charge in [-0.05, 0) is 44.0 Å². The molecule has 1 N–H and O–H groups in total. The highest BCUT2D eigenvalue weighted by Gasteiger charge is 2.15. The van der Waals surface area contributed by atoms with Gasteiger partial charge >= 0.3 is 0 Å². The summed E-state index contributed by atoms with van der Waals surface area (Å²) >= 11 is 0. The highest BCUT2D eigenvalue weighted by Crippen LogP contribution is 2.32. The quantitative estimate of drug-likeness (QED) is 0.775. The minimum Gasteiger partial charge on any atom is -0.354 e. The van der Waals surface area contributed by atoms with Crippen molar-refractivity contribution in [1.82, 2.24) is 10.1 Å². The molecule has 2 heterocycles. The Morgan fingerprint density at radius 1 is 1.12 bits per heavy atom. The number of benzene rings is 1. The Hall–Kier alpha value is -2.69. The van der Waals surface area contributed by atoms with Crippen LogP contribution in [0, 0.1) is 26.7 Å². The number of amides is 1. The Balaban J connectivity index is 2.17. The first-order valence-electron chi connectivity index (χ1n) is 8.02. The molecular formula is C19H21N3O2. The van der Waals surface area contributed by atoms with Gasteiger partial charge in [-0.25, -0.2) is 4.98 Å². The average molecular weight is 323 g/mol. The van der Waals surface area contributed by atoms with Crippen molar-refractivity contribution in [3.8, 4) is 11.5 Å². The Labute approximate surface area is 141 Å². The second-order valence-electron chi connectivity index (χ2n) is 6.45. The van der Waals surface area contributed by atoms with Gasteiger partial charge in [-0.2, -0.15) is 0 Å². The normalized spacial score (nSPS) is 11.2. The van der Waals surface area contributed by atoms with E-state index in [4.69, 9.17) is 9.51 Å². The van der Waals surface area contributed by atoms with Crippen molar-refractivity contribution in [3.05, 3.63) is 41.1 Å². The topological polar surface area (TPSA) is 68.0 Å². The molecule has 1 amide bonds. The third-order valence-electron chi connectivity index (χ3n) is 4.02. The first kappa shape index (κ1) is 16.2. The molecule has 3 aromatic rings. The van der Waals surface area contributed by atoms with E-state index in [1.165, 1.54) is 0 Å². The van der Waals surface area contributed by atoms with Crippen molar-refractivity contribution in [3.63, 3.8) is 0 Å². The van der Waals surface area contributed by atoms with Crippen LogP contribution in [0.1, 0.15) is 30.7 Å². The van der Waals surface area contributed by atoms with Gasteiger partial charge in [0.15, 0.2) is 5.76 Å². The van der Waals surface area contributed by atoms with Gasteiger partial charge in [0.1, 0.15) is 5.69 Å². The molecule has 0 radical (unpaired) electrons. The van der Waals surface area contributed by atoms with E-state index in [1.807, 2.05) is 58.9 Å². The van der Waals surface area contributed by atoms with Gasteiger partial charge in [0, 0.05) is 17.4 Å². The lowest BCUT2D eigenvalue weighted by molar-refractivity contribution is -0.118. The van der Waals surface area contributed by atoms with E-state index in [-0.39, 0.29) is 11.8 Å². The molecule has 0 saturated carbocycles. The number of rotatable bonds is 3. The number of carbonyl (C=O) groups is 1. The Bertz CT molecular complexity index is 926. The predicted octanol–water partition coefficient (Wildman–Crippen LogP) is 4.41. The molecule has 0 spiro atoms. The van der Waals surface area contributed by atoms with Gasteiger partial charge in [0.2, 0.25) is 5.91 Å². The van der Waals surface area contributed by atoms with Crippen molar-refractivity contribution in [2.24, 2.45) is 5.92 Å². The second kappa shape index (κ2) is 6.07. The fourth-order valence-electron chi connectivity index (χ4n) is 2.66. The smallest absolute Gasteiger partial charge is 0.226 e. The molecule has 0 aliphatic rings. The predicted molar refractivity (Wildman–Crippen MR) is 94.9 cm³/mol. The van der Waals surface area contributed by atoms with Crippen LogP contribution in [0.4, 0.5) is 5.69 Å². The SMILES string of the molecule is Cc1cc(-c2cc(C)c3c(NC(=O)C(C)C)ccc(C)c3n2)on1. The van der Waals surface area contributed by atoms with Crippen molar-refractivity contribution in [1.29, 1.82) is 0 Å². The number of aryl methyl sites for hydroxylation is 3. The van der Waals surface area contributed by atoms with Gasteiger partial charge in [-0.1, -0.05) is 25.1 Å². The van der Waals surface area contributed by atoms with Crippen molar-refractivity contribution in [2.45, 2.75) is 34.6 Å². The number of fused-ring (bicyclic) bond motifs is 1. The third-order valence-corrected chi connectivity index (χ3v) is 4.02. The zero-order valence-electron chi connectivity index (χ0n) is 14.6. The summed E-state index contributed by atoms with van der Waals surface area (Å²) in [5, 5.41) is 7.89. The number of hydrogen-bond acceptors (Lipinski definition) is 4. The van der Waals surface area contributed by atoms with Crippen molar-refractivity contribution < 1.29 is 9.32 Å². The molecule has 0 bridgehead atoms. The summed E-state index contributed by atoms with van der Waals surface area (Å²) in [5.41, 5.74) is 5.30. The molecule has 1 aromatic carbocycles. The molecular weight excluding hydrogens is 302 g/mol. The molecule has 5 nitrogen and oxygen atoms in total. The minimum absolute atomic E-state index is 0.00510. The van der Waals surface area contributed by atoms with Crippen LogP contribution in [0.5, 0.6) is 0 Å².